The number of amides is 1. The summed E-state index contributed by atoms with van der Waals surface area (Å²) < 4.78 is 13.0. The lowest BCUT2D eigenvalue weighted by atomic mass is 10.1. The van der Waals surface area contributed by atoms with Crippen LogP contribution >= 0.6 is 0 Å². The maximum absolute atomic E-state index is 13.0. The minimum atomic E-state index is -0.446. The van der Waals surface area contributed by atoms with Gasteiger partial charge in [0.1, 0.15) is 11.5 Å². The topological polar surface area (TPSA) is 45.2 Å². The molecule has 1 atom stereocenters. The zero-order chi connectivity index (χ0) is 14.8. The van der Waals surface area contributed by atoms with E-state index >= 15 is 0 Å². The Morgan fingerprint density at radius 1 is 1.33 bits per heavy atom. The fraction of sp³-hybridized carbons (Fsp3) is 0.250. The molecule has 1 aromatic heterocycles. The van der Waals surface area contributed by atoms with Crippen molar-refractivity contribution in [1.29, 1.82) is 0 Å². The van der Waals surface area contributed by atoms with Crippen LogP contribution in [0.2, 0.25) is 0 Å². The molecule has 0 bridgehead atoms. The second kappa shape index (κ2) is 5.61. The predicted molar refractivity (Wildman–Crippen MR) is 78.6 cm³/mol. The molecule has 21 heavy (non-hydrogen) atoms. The Labute approximate surface area is 122 Å². The first-order valence-electron chi connectivity index (χ1n) is 6.90. The smallest absolute Gasteiger partial charge is 0.276 e. The van der Waals surface area contributed by atoms with Crippen LogP contribution in [-0.2, 0) is 6.54 Å². The van der Waals surface area contributed by atoms with E-state index in [0.29, 0.717) is 6.54 Å². The summed E-state index contributed by atoms with van der Waals surface area (Å²) in [5.41, 5.74) is 2.20. The van der Waals surface area contributed by atoms with Crippen molar-refractivity contribution >= 4 is 11.6 Å². The molecule has 1 N–H and O–H groups in total. The number of aromatic nitrogens is 1. The Hall–Kier alpha value is -2.27. The summed E-state index contributed by atoms with van der Waals surface area (Å²) in [6.07, 6.45) is 1.07. The predicted octanol–water partition coefficient (Wildman–Crippen LogP) is 2.36. The van der Waals surface area contributed by atoms with Crippen LogP contribution in [0.5, 0.6) is 0 Å². The molecule has 0 radical (unpaired) electrons. The van der Waals surface area contributed by atoms with Gasteiger partial charge in [-0.15, -0.1) is 0 Å². The van der Waals surface area contributed by atoms with Gasteiger partial charge < -0.3 is 10.2 Å². The van der Waals surface area contributed by atoms with Gasteiger partial charge in [0.2, 0.25) is 0 Å². The third-order valence-electron chi connectivity index (χ3n) is 3.57. The van der Waals surface area contributed by atoms with E-state index < -0.39 is 5.82 Å². The summed E-state index contributed by atoms with van der Waals surface area (Å²) in [5, 5.41) is 3.37. The lowest BCUT2D eigenvalue weighted by Crippen LogP contribution is -2.40. The molecule has 3 rings (SSSR count). The second-order valence-corrected chi connectivity index (χ2v) is 5.19. The molecular formula is C16H16FN3O. The second-order valence-electron chi connectivity index (χ2n) is 5.19. The van der Waals surface area contributed by atoms with E-state index in [1.54, 1.807) is 4.90 Å². The molecule has 2 aromatic rings. The van der Waals surface area contributed by atoms with E-state index in [2.05, 4.69) is 10.3 Å². The van der Waals surface area contributed by atoms with Gasteiger partial charge in [0.05, 0.1) is 6.20 Å². The van der Waals surface area contributed by atoms with Crippen LogP contribution in [0.15, 0.2) is 42.6 Å². The third kappa shape index (κ3) is 2.78. The van der Waals surface area contributed by atoms with Crippen molar-refractivity contribution in [2.45, 2.75) is 19.5 Å². The molecule has 1 aliphatic heterocycles. The van der Waals surface area contributed by atoms with Crippen molar-refractivity contribution in [3.05, 3.63) is 59.7 Å². The fourth-order valence-corrected chi connectivity index (χ4v) is 2.48. The standard InChI is InChI=1S/C16H16FN3O/c1-11-10-20(15-5-3-2-4-12(15)8-18-11)16(21)14-7-6-13(17)9-19-14/h2-7,9,11,18H,8,10H2,1H3. The number of hydrogen-bond acceptors (Lipinski definition) is 3. The Morgan fingerprint density at radius 3 is 2.90 bits per heavy atom. The maximum atomic E-state index is 13.0. The van der Waals surface area contributed by atoms with Crippen molar-refractivity contribution < 1.29 is 9.18 Å². The molecule has 108 valence electrons. The quantitative estimate of drug-likeness (QED) is 0.875. The van der Waals surface area contributed by atoms with Crippen molar-refractivity contribution in [2.75, 3.05) is 11.4 Å². The van der Waals surface area contributed by atoms with Crippen LogP contribution in [0.4, 0.5) is 10.1 Å². The number of fused-ring (bicyclic) bond motifs is 1. The number of carbonyl (C=O) groups excluding carboxylic acids is 1. The van der Waals surface area contributed by atoms with Gasteiger partial charge in [0, 0.05) is 24.8 Å². The highest BCUT2D eigenvalue weighted by molar-refractivity contribution is 6.05. The van der Waals surface area contributed by atoms with Crippen LogP contribution in [0.25, 0.3) is 0 Å². The van der Waals surface area contributed by atoms with E-state index in [-0.39, 0.29) is 17.6 Å². The number of anilines is 1. The molecule has 0 saturated heterocycles. The lowest BCUT2D eigenvalue weighted by molar-refractivity contribution is 0.0980. The zero-order valence-electron chi connectivity index (χ0n) is 11.7. The molecule has 0 fully saturated rings. The molecule has 1 unspecified atom stereocenters. The largest absolute Gasteiger partial charge is 0.308 e. The van der Waals surface area contributed by atoms with Crippen LogP contribution in [0, 0.1) is 5.82 Å². The number of benzene rings is 1. The average Bonchev–Trinajstić information content (AvgIpc) is 2.67. The molecule has 0 saturated carbocycles. The Morgan fingerprint density at radius 2 is 2.14 bits per heavy atom. The number of carbonyl (C=O) groups is 1. The van der Waals surface area contributed by atoms with Crippen LogP contribution in [-0.4, -0.2) is 23.5 Å². The van der Waals surface area contributed by atoms with Crippen LogP contribution in [0.1, 0.15) is 23.0 Å². The highest BCUT2D eigenvalue weighted by atomic mass is 19.1. The fourth-order valence-electron chi connectivity index (χ4n) is 2.48. The van der Waals surface area contributed by atoms with Crippen molar-refractivity contribution in [2.24, 2.45) is 0 Å². The van der Waals surface area contributed by atoms with E-state index in [9.17, 15) is 9.18 Å². The van der Waals surface area contributed by atoms with E-state index in [1.807, 2.05) is 31.2 Å². The van der Waals surface area contributed by atoms with Gasteiger partial charge in [-0.25, -0.2) is 9.37 Å². The number of para-hydroxylation sites is 1. The number of rotatable bonds is 1. The van der Waals surface area contributed by atoms with Crippen molar-refractivity contribution in [3.63, 3.8) is 0 Å². The summed E-state index contributed by atoms with van der Waals surface area (Å²) in [6.45, 7) is 3.30. The van der Waals surface area contributed by atoms with Crippen molar-refractivity contribution in [3.8, 4) is 0 Å². The van der Waals surface area contributed by atoms with Gasteiger partial charge in [-0.05, 0) is 30.7 Å². The first-order valence-corrected chi connectivity index (χ1v) is 6.90. The van der Waals surface area contributed by atoms with E-state index in [0.717, 1.165) is 24.0 Å². The molecule has 5 heteroatoms. The minimum Gasteiger partial charge on any atom is -0.308 e. The Bertz CT molecular complexity index is 657. The summed E-state index contributed by atoms with van der Waals surface area (Å²) >= 11 is 0. The van der Waals surface area contributed by atoms with Gasteiger partial charge in [0.25, 0.3) is 5.91 Å². The summed E-state index contributed by atoms with van der Waals surface area (Å²) in [6, 6.07) is 10.6. The zero-order valence-corrected chi connectivity index (χ0v) is 11.7. The van der Waals surface area contributed by atoms with Gasteiger partial charge in [0.15, 0.2) is 0 Å². The first-order chi connectivity index (χ1) is 10.1. The summed E-state index contributed by atoms with van der Waals surface area (Å²) in [5.74, 6) is -0.657. The van der Waals surface area contributed by atoms with Gasteiger partial charge in [-0.1, -0.05) is 18.2 Å². The molecule has 0 spiro atoms. The number of halogens is 1. The molecule has 1 aromatic carbocycles. The Kier molecular flexibility index (Phi) is 3.66. The average molecular weight is 285 g/mol. The number of hydrogen-bond donors (Lipinski definition) is 1. The molecule has 2 heterocycles. The molecule has 0 aliphatic carbocycles. The number of nitrogens with one attached hydrogen (secondary N) is 1. The van der Waals surface area contributed by atoms with Gasteiger partial charge in [-0.3, -0.25) is 4.79 Å². The Balaban J connectivity index is 1.99. The highest BCUT2D eigenvalue weighted by Crippen LogP contribution is 2.24. The summed E-state index contributed by atoms with van der Waals surface area (Å²) in [7, 11) is 0. The summed E-state index contributed by atoms with van der Waals surface area (Å²) in [4.78, 5) is 18.3. The highest BCUT2D eigenvalue weighted by Gasteiger charge is 2.25. The van der Waals surface area contributed by atoms with Crippen molar-refractivity contribution in [1.82, 2.24) is 10.3 Å². The maximum Gasteiger partial charge on any atom is 0.276 e. The normalized spacial score (nSPS) is 18.0. The monoisotopic (exact) mass is 285 g/mol. The first kappa shape index (κ1) is 13.7. The molecule has 4 nitrogen and oxygen atoms in total. The minimum absolute atomic E-state index is 0.168. The van der Waals surface area contributed by atoms with Gasteiger partial charge >= 0.3 is 0 Å². The van der Waals surface area contributed by atoms with E-state index in [4.69, 9.17) is 0 Å². The molecule has 1 amide bonds. The molecule has 1 aliphatic rings. The van der Waals surface area contributed by atoms with Crippen LogP contribution < -0.4 is 10.2 Å². The third-order valence-corrected chi connectivity index (χ3v) is 3.57. The number of pyridine rings is 1. The molecular weight excluding hydrogens is 269 g/mol. The van der Waals surface area contributed by atoms with Crippen LogP contribution in [0.3, 0.4) is 0 Å². The van der Waals surface area contributed by atoms with Gasteiger partial charge in [-0.2, -0.15) is 0 Å². The number of nitrogens with zero attached hydrogens (tertiary/aromatic N) is 2. The SMILES string of the molecule is CC1CN(C(=O)c2ccc(F)cn2)c2ccccc2CN1. The van der Waals surface area contributed by atoms with E-state index in [1.165, 1.54) is 12.1 Å². The lowest BCUT2D eigenvalue weighted by Gasteiger charge is -2.24.